The van der Waals surface area contributed by atoms with Crippen molar-refractivity contribution < 1.29 is 15.0 Å². The van der Waals surface area contributed by atoms with E-state index >= 15 is 0 Å². The van der Waals surface area contributed by atoms with Crippen LogP contribution in [0.2, 0.25) is 0 Å². The van der Waals surface area contributed by atoms with Crippen LogP contribution in [0.25, 0.3) is 0 Å². The van der Waals surface area contributed by atoms with Crippen molar-refractivity contribution in [2.24, 2.45) is 0 Å². The molecule has 4 nitrogen and oxygen atoms in total. The number of nitrogens with one attached hydrogen (secondary N) is 1. The van der Waals surface area contributed by atoms with E-state index in [1.54, 1.807) is 6.92 Å². The normalized spacial score (nSPS) is 20.3. The molecule has 0 spiro atoms. The Bertz CT molecular complexity index is 238. The van der Waals surface area contributed by atoms with Crippen LogP contribution < -0.4 is 5.32 Å². The predicted octanol–water partition coefficient (Wildman–Crippen LogP) is 0.522. The average Bonchev–Trinajstić information content (AvgIpc) is 2.01. The van der Waals surface area contributed by atoms with E-state index in [4.69, 9.17) is 10.2 Å². The van der Waals surface area contributed by atoms with E-state index in [0.717, 1.165) is 24.8 Å². The van der Waals surface area contributed by atoms with Crippen LogP contribution in [0.3, 0.4) is 0 Å². The second-order valence-electron chi connectivity index (χ2n) is 3.97. The molecular formula is C10H17NO3. The van der Waals surface area contributed by atoms with E-state index in [9.17, 15) is 4.79 Å². The van der Waals surface area contributed by atoms with Gasteiger partial charge in [0.05, 0.1) is 6.61 Å². The Labute approximate surface area is 83.6 Å². The zero-order valence-electron chi connectivity index (χ0n) is 8.42. The molecular weight excluding hydrogens is 182 g/mol. The molecule has 1 rings (SSSR count). The molecule has 0 aromatic heterocycles. The minimum absolute atomic E-state index is 0.132. The highest BCUT2D eigenvalue weighted by Crippen LogP contribution is 2.31. The van der Waals surface area contributed by atoms with Gasteiger partial charge in [-0.3, -0.25) is 0 Å². The monoisotopic (exact) mass is 199 g/mol. The summed E-state index contributed by atoms with van der Waals surface area (Å²) >= 11 is 0. The zero-order valence-corrected chi connectivity index (χ0v) is 8.42. The summed E-state index contributed by atoms with van der Waals surface area (Å²) in [6.07, 6.45) is 4.28. The van der Waals surface area contributed by atoms with Gasteiger partial charge in [-0.2, -0.15) is 0 Å². The Kier molecular flexibility index (Phi) is 3.66. The molecule has 0 bridgehead atoms. The van der Waals surface area contributed by atoms with E-state index in [1.807, 2.05) is 0 Å². The van der Waals surface area contributed by atoms with Gasteiger partial charge < -0.3 is 15.5 Å². The molecule has 0 aromatic rings. The fourth-order valence-electron chi connectivity index (χ4n) is 1.58. The summed E-state index contributed by atoms with van der Waals surface area (Å²) in [6.45, 7) is 2.44. The van der Waals surface area contributed by atoms with Crippen LogP contribution in [0.15, 0.2) is 11.6 Å². The molecule has 3 N–H and O–H groups in total. The molecule has 4 heteroatoms. The molecule has 1 saturated carbocycles. The summed E-state index contributed by atoms with van der Waals surface area (Å²) < 4.78 is 0. The fourth-order valence-corrected chi connectivity index (χ4v) is 1.58. The van der Waals surface area contributed by atoms with Crippen LogP contribution in [-0.4, -0.2) is 34.9 Å². The molecule has 1 aliphatic rings. The van der Waals surface area contributed by atoms with Crippen LogP contribution in [-0.2, 0) is 4.79 Å². The largest absolute Gasteiger partial charge is 0.478 e. The van der Waals surface area contributed by atoms with Crippen molar-refractivity contribution in [3.05, 3.63) is 11.6 Å². The summed E-state index contributed by atoms with van der Waals surface area (Å²) in [4.78, 5) is 10.3. The number of hydrogen-bond donors (Lipinski definition) is 3. The van der Waals surface area contributed by atoms with Gasteiger partial charge in [0, 0.05) is 18.2 Å². The summed E-state index contributed by atoms with van der Waals surface area (Å²) in [7, 11) is 0. The number of carbonyl (C=O) groups is 1. The van der Waals surface area contributed by atoms with Crippen LogP contribution in [0.5, 0.6) is 0 Å². The number of carboxylic acids is 1. The highest BCUT2D eigenvalue weighted by Gasteiger charge is 2.35. The SMILES string of the molecule is CC(=CC(=O)O)CNC1(CO)CCC1. The Balaban J connectivity index is 2.35. The molecule has 0 heterocycles. The molecule has 1 fully saturated rings. The first-order chi connectivity index (χ1) is 6.58. The van der Waals surface area contributed by atoms with Gasteiger partial charge in [-0.15, -0.1) is 0 Å². The second-order valence-corrected chi connectivity index (χ2v) is 3.97. The summed E-state index contributed by atoms with van der Waals surface area (Å²) in [5.74, 6) is -0.920. The number of carboxylic acid groups (broad SMARTS) is 1. The van der Waals surface area contributed by atoms with Gasteiger partial charge in [0.25, 0.3) is 0 Å². The van der Waals surface area contributed by atoms with E-state index < -0.39 is 5.97 Å². The standard InChI is InChI=1S/C10H17NO3/c1-8(5-9(13)14)6-11-10(7-12)3-2-4-10/h5,11-12H,2-4,6-7H2,1H3,(H,13,14). The van der Waals surface area contributed by atoms with Crippen molar-refractivity contribution in [3.8, 4) is 0 Å². The number of hydrogen-bond acceptors (Lipinski definition) is 3. The average molecular weight is 199 g/mol. The lowest BCUT2D eigenvalue weighted by Gasteiger charge is -2.41. The number of aliphatic hydroxyl groups is 1. The Morgan fingerprint density at radius 3 is 2.57 bits per heavy atom. The van der Waals surface area contributed by atoms with E-state index in [2.05, 4.69) is 5.32 Å². The Morgan fingerprint density at radius 1 is 1.57 bits per heavy atom. The fraction of sp³-hybridized carbons (Fsp3) is 0.700. The lowest BCUT2D eigenvalue weighted by atomic mass is 9.77. The minimum atomic E-state index is -0.920. The molecule has 80 valence electrons. The molecule has 0 unspecified atom stereocenters. The van der Waals surface area contributed by atoms with Crippen molar-refractivity contribution in [2.75, 3.05) is 13.2 Å². The van der Waals surface area contributed by atoms with Gasteiger partial charge in [-0.05, 0) is 26.2 Å². The van der Waals surface area contributed by atoms with E-state index in [-0.39, 0.29) is 12.1 Å². The quantitative estimate of drug-likeness (QED) is 0.565. The zero-order chi connectivity index (χ0) is 10.6. The van der Waals surface area contributed by atoms with Crippen LogP contribution >= 0.6 is 0 Å². The molecule has 0 amide bonds. The third-order valence-corrected chi connectivity index (χ3v) is 2.73. The first kappa shape index (κ1) is 11.2. The Morgan fingerprint density at radius 2 is 2.21 bits per heavy atom. The number of aliphatic hydroxyl groups excluding tert-OH is 1. The van der Waals surface area contributed by atoms with E-state index in [1.165, 1.54) is 6.08 Å². The van der Waals surface area contributed by atoms with Gasteiger partial charge >= 0.3 is 5.97 Å². The lowest BCUT2D eigenvalue weighted by Crippen LogP contribution is -2.54. The van der Waals surface area contributed by atoms with Gasteiger partial charge in [0.15, 0.2) is 0 Å². The predicted molar refractivity (Wildman–Crippen MR) is 53.1 cm³/mol. The van der Waals surface area contributed by atoms with Gasteiger partial charge in [0.2, 0.25) is 0 Å². The maximum absolute atomic E-state index is 10.3. The maximum Gasteiger partial charge on any atom is 0.328 e. The van der Waals surface area contributed by atoms with Crippen LogP contribution in [0.4, 0.5) is 0 Å². The van der Waals surface area contributed by atoms with Crippen LogP contribution in [0.1, 0.15) is 26.2 Å². The van der Waals surface area contributed by atoms with Crippen molar-refractivity contribution in [1.29, 1.82) is 0 Å². The summed E-state index contributed by atoms with van der Waals surface area (Å²) in [6, 6.07) is 0. The molecule has 1 aliphatic carbocycles. The molecule has 0 radical (unpaired) electrons. The third-order valence-electron chi connectivity index (χ3n) is 2.73. The van der Waals surface area contributed by atoms with Crippen molar-refractivity contribution >= 4 is 5.97 Å². The van der Waals surface area contributed by atoms with Crippen LogP contribution in [0, 0.1) is 0 Å². The highest BCUT2D eigenvalue weighted by atomic mass is 16.4. The van der Waals surface area contributed by atoms with Crippen molar-refractivity contribution in [1.82, 2.24) is 5.32 Å². The molecule has 14 heavy (non-hydrogen) atoms. The lowest BCUT2D eigenvalue weighted by molar-refractivity contribution is -0.131. The second kappa shape index (κ2) is 4.57. The van der Waals surface area contributed by atoms with Gasteiger partial charge in [-0.1, -0.05) is 5.57 Å². The first-order valence-electron chi connectivity index (χ1n) is 4.84. The topological polar surface area (TPSA) is 69.6 Å². The molecule has 0 saturated heterocycles. The first-order valence-corrected chi connectivity index (χ1v) is 4.84. The highest BCUT2D eigenvalue weighted by molar-refractivity contribution is 5.80. The number of rotatable bonds is 5. The van der Waals surface area contributed by atoms with E-state index in [0.29, 0.717) is 6.54 Å². The molecule has 0 atom stereocenters. The van der Waals surface area contributed by atoms with Gasteiger partial charge in [0.1, 0.15) is 0 Å². The minimum Gasteiger partial charge on any atom is -0.478 e. The van der Waals surface area contributed by atoms with Crippen molar-refractivity contribution in [3.63, 3.8) is 0 Å². The molecule has 0 aliphatic heterocycles. The maximum atomic E-state index is 10.3. The third kappa shape index (κ3) is 2.82. The Hall–Kier alpha value is -0.870. The smallest absolute Gasteiger partial charge is 0.328 e. The molecule has 0 aromatic carbocycles. The van der Waals surface area contributed by atoms with Crippen molar-refractivity contribution in [2.45, 2.75) is 31.7 Å². The summed E-state index contributed by atoms with van der Waals surface area (Å²) in [5, 5.41) is 20.8. The summed E-state index contributed by atoms with van der Waals surface area (Å²) in [5.41, 5.74) is 0.630. The van der Waals surface area contributed by atoms with Gasteiger partial charge in [-0.25, -0.2) is 4.79 Å². The number of aliphatic carboxylic acids is 1.